The van der Waals surface area contributed by atoms with E-state index in [0.717, 1.165) is 10.9 Å². The maximum absolute atomic E-state index is 9.60. The van der Waals surface area contributed by atoms with E-state index in [2.05, 4.69) is 52.4 Å². The van der Waals surface area contributed by atoms with E-state index in [-0.39, 0.29) is 0 Å². The van der Waals surface area contributed by atoms with Crippen LogP contribution in [-0.2, 0) is 6.42 Å². The van der Waals surface area contributed by atoms with Crippen molar-refractivity contribution >= 4 is 15.9 Å². The molecule has 0 bridgehead atoms. The molecule has 0 aliphatic rings. The number of hydrogen-bond donors (Lipinski definition) is 2. The van der Waals surface area contributed by atoms with Crippen molar-refractivity contribution in [3.8, 4) is 0 Å². The summed E-state index contributed by atoms with van der Waals surface area (Å²) in [6.07, 6.45) is 0.976. The summed E-state index contributed by atoms with van der Waals surface area (Å²) in [5, 5.41) is 12.9. The van der Waals surface area contributed by atoms with Crippen LogP contribution in [0.25, 0.3) is 0 Å². The predicted octanol–water partition coefficient (Wildman–Crippen LogP) is 2.74. The van der Waals surface area contributed by atoms with E-state index in [1.165, 1.54) is 5.56 Å². The van der Waals surface area contributed by atoms with E-state index in [1.807, 2.05) is 13.8 Å². The van der Waals surface area contributed by atoms with Gasteiger partial charge in [0.1, 0.15) is 0 Å². The zero-order valence-corrected chi connectivity index (χ0v) is 11.7. The monoisotopic (exact) mass is 285 g/mol. The van der Waals surface area contributed by atoms with E-state index in [0.29, 0.717) is 12.6 Å². The molecular formula is C13H20BrNO. The first-order chi connectivity index (χ1) is 7.37. The zero-order chi connectivity index (χ0) is 12.2. The molecule has 1 unspecified atom stereocenters. The summed E-state index contributed by atoms with van der Waals surface area (Å²) in [5.74, 6) is 0. The molecule has 0 aliphatic carbocycles. The molecule has 90 valence electrons. The summed E-state index contributed by atoms with van der Waals surface area (Å²) < 4.78 is 1.10. The van der Waals surface area contributed by atoms with Crippen molar-refractivity contribution in [3.63, 3.8) is 0 Å². The van der Waals surface area contributed by atoms with Gasteiger partial charge in [0.05, 0.1) is 5.60 Å². The standard InChI is InChI=1S/C13H20BrNO/c1-10(15-9-13(2,3)16)8-11-4-6-12(14)7-5-11/h4-7,10,15-16H,8-9H2,1-3H3. The van der Waals surface area contributed by atoms with Crippen molar-refractivity contribution in [2.24, 2.45) is 0 Å². The van der Waals surface area contributed by atoms with E-state index >= 15 is 0 Å². The lowest BCUT2D eigenvalue weighted by Crippen LogP contribution is -2.40. The molecule has 1 aromatic rings. The summed E-state index contributed by atoms with van der Waals surface area (Å²) in [6, 6.07) is 8.71. The van der Waals surface area contributed by atoms with Gasteiger partial charge in [0, 0.05) is 17.1 Å². The molecule has 3 heteroatoms. The van der Waals surface area contributed by atoms with Gasteiger partial charge < -0.3 is 10.4 Å². The first-order valence-electron chi connectivity index (χ1n) is 5.57. The van der Waals surface area contributed by atoms with Crippen LogP contribution in [0.4, 0.5) is 0 Å². The van der Waals surface area contributed by atoms with Gasteiger partial charge in [-0.05, 0) is 44.9 Å². The molecule has 16 heavy (non-hydrogen) atoms. The van der Waals surface area contributed by atoms with Crippen molar-refractivity contribution in [1.29, 1.82) is 0 Å². The smallest absolute Gasteiger partial charge is 0.0715 e. The van der Waals surface area contributed by atoms with Gasteiger partial charge in [-0.3, -0.25) is 0 Å². The van der Waals surface area contributed by atoms with Crippen LogP contribution < -0.4 is 5.32 Å². The zero-order valence-electron chi connectivity index (χ0n) is 10.1. The molecule has 0 aromatic heterocycles. The molecule has 0 saturated carbocycles. The van der Waals surface area contributed by atoms with Crippen molar-refractivity contribution in [2.75, 3.05) is 6.54 Å². The average molecular weight is 286 g/mol. The van der Waals surface area contributed by atoms with Crippen molar-refractivity contribution in [2.45, 2.75) is 38.8 Å². The predicted molar refractivity (Wildman–Crippen MR) is 71.6 cm³/mol. The minimum atomic E-state index is -0.645. The van der Waals surface area contributed by atoms with Crippen LogP contribution in [0, 0.1) is 0 Å². The Bertz CT molecular complexity index is 316. The van der Waals surface area contributed by atoms with E-state index in [1.54, 1.807) is 0 Å². The number of rotatable bonds is 5. The normalized spacial score (nSPS) is 13.8. The van der Waals surface area contributed by atoms with Crippen LogP contribution in [0.1, 0.15) is 26.3 Å². The first-order valence-corrected chi connectivity index (χ1v) is 6.36. The highest BCUT2D eigenvalue weighted by Gasteiger charge is 2.13. The molecule has 1 aromatic carbocycles. The second kappa shape index (κ2) is 5.80. The Morgan fingerprint density at radius 2 is 1.88 bits per heavy atom. The molecule has 1 rings (SSSR count). The number of aliphatic hydroxyl groups is 1. The minimum Gasteiger partial charge on any atom is -0.389 e. The minimum absolute atomic E-state index is 0.368. The SMILES string of the molecule is CC(Cc1ccc(Br)cc1)NCC(C)(C)O. The lowest BCUT2D eigenvalue weighted by molar-refractivity contribution is 0.0770. The Hall–Kier alpha value is -0.380. The Morgan fingerprint density at radius 1 is 1.31 bits per heavy atom. The largest absolute Gasteiger partial charge is 0.389 e. The molecule has 0 radical (unpaired) electrons. The highest BCUT2D eigenvalue weighted by atomic mass is 79.9. The van der Waals surface area contributed by atoms with Crippen molar-refractivity contribution in [1.82, 2.24) is 5.32 Å². The fraction of sp³-hybridized carbons (Fsp3) is 0.538. The van der Waals surface area contributed by atoms with Gasteiger partial charge >= 0.3 is 0 Å². The third kappa shape index (κ3) is 5.64. The molecular weight excluding hydrogens is 266 g/mol. The average Bonchev–Trinajstić information content (AvgIpc) is 2.18. The molecule has 0 fully saturated rings. The molecule has 0 saturated heterocycles. The Labute approximate surface area is 106 Å². The van der Waals surface area contributed by atoms with Crippen molar-refractivity contribution < 1.29 is 5.11 Å². The first kappa shape index (κ1) is 13.7. The second-order valence-corrected chi connectivity index (χ2v) is 5.84. The van der Waals surface area contributed by atoms with Crippen molar-refractivity contribution in [3.05, 3.63) is 34.3 Å². The number of hydrogen-bond acceptors (Lipinski definition) is 2. The van der Waals surface area contributed by atoms with Gasteiger partial charge in [-0.15, -0.1) is 0 Å². The van der Waals surface area contributed by atoms with Crippen LogP contribution in [0.2, 0.25) is 0 Å². The molecule has 0 aliphatic heterocycles. The molecule has 1 atom stereocenters. The van der Waals surface area contributed by atoms with Crippen LogP contribution >= 0.6 is 15.9 Å². The van der Waals surface area contributed by atoms with Crippen LogP contribution in [0.15, 0.2) is 28.7 Å². The summed E-state index contributed by atoms with van der Waals surface area (Å²) in [7, 11) is 0. The van der Waals surface area contributed by atoms with Gasteiger partial charge in [-0.2, -0.15) is 0 Å². The molecule has 0 amide bonds. The summed E-state index contributed by atoms with van der Waals surface area (Å²) in [5.41, 5.74) is 0.660. The van der Waals surface area contributed by atoms with E-state index in [4.69, 9.17) is 0 Å². The summed E-state index contributed by atoms with van der Waals surface area (Å²) >= 11 is 3.42. The van der Waals surface area contributed by atoms with E-state index < -0.39 is 5.60 Å². The Kier molecular flexibility index (Phi) is 4.96. The highest BCUT2D eigenvalue weighted by Crippen LogP contribution is 2.12. The maximum Gasteiger partial charge on any atom is 0.0715 e. The number of benzene rings is 1. The maximum atomic E-state index is 9.60. The third-order valence-corrected chi connectivity index (χ3v) is 2.87. The second-order valence-electron chi connectivity index (χ2n) is 4.92. The third-order valence-electron chi connectivity index (χ3n) is 2.34. The van der Waals surface area contributed by atoms with Gasteiger partial charge in [0.2, 0.25) is 0 Å². The fourth-order valence-corrected chi connectivity index (χ4v) is 1.73. The Balaban J connectivity index is 2.39. The lowest BCUT2D eigenvalue weighted by atomic mass is 10.1. The van der Waals surface area contributed by atoms with Gasteiger partial charge in [-0.25, -0.2) is 0 Å². The number of halogens is 1. The van der Waals surface area contributed by atoms with Crippen LogP contribution in [0.3, 0.4) is 0 Å². The number of nitrogens with one attached hydrogen (secondary N) is 1. The Morgan fingerprint density at radius 3 is 2.38 bits per heavy atom. The summed E-state index contributed by atoms with van der Waals surface area (Å²) in [6.45, 7) is 6.37. The van der Waals surface area contributed by atoms with Crippen LogP contribution in [-0.4, -0.2) is 23.3 Å². The molecule has 2 N–H and O–H groups in total. The molecule has 0 spiro atoms. The van der Waals surface area contributed by atoms with Gasteiger partial charge in [0.25, 0.3) is 0 Å². The topological polar surface area (TPSA) is 32.3 Å². The van der Waals surface area contributed by atoms with Crippen LogP contribution in [0.5, 0.6) is 0 Å². The van der Waals surface area contributed by atoms with E-state index in [9.17, 15) is 5.11 Å². The van der Waals surface area contributed by atoms with Gasteiger partial charge in [-0.1, -0.05) is 28.1 Å². The highest BCUT2D eigenvalue weighted by molar-refractivity contribution is 9.10. The van der Waals surface area contributed by atoms with Gasteiger partial charge in [0.15, 0.2) is 0 Å². The molecule has 0 heterocycles. The summed E-state index contributed by atoms with van der Waals surface area (Å²) in [4.78, 5) is 0. The lowest BCUT2D eigenvalue weighted by Gasteiger charge is -2.21. The molecule has 2 nitrogen and oxygen atoms in total. The fourth-order valence-electron chi connectivity index (χ4n) is 1.47. The quantitative estimate of drug-likeness (QED) is 0.872.